The van der Waals surface area contributed by atoms with Crippen LogP contribution in [0.5, 0.6) is 0 Å². The van der Waals surface area contributed by atoms with Crippen LogP contribution in [0.25, 0.3) is 24.3 Å². The van der Waals surface area contributed by atoms with Crippen LogP contribution in [-0.2, 0) is 0 Å². The predicted molar refractivity (Wildman–Crippen MR) is 127 cm³/mol. The molecule has 0 saturated carbocycles. The molecule has 1 heteroatoms. The minimum absolute atomic E-state index is 1.08. The van der Waals surface area contributed by atoms with Crippen LogP contribution in [0, 0.1) is 0 Å². The van der Waals surface area contributed by atoms with Gasteiger partial charge in [-0.2, -0.15) is 0 Å². The second-order valence-electron chi connectivity index (χ2n) is 6.79. The van der Waals surface area contributed by atoms with Crippen molar-refractivity contribution in [2.24, 2.45) is 0 Å². The number of para-hydroxylation sites is 1. The third-order valence-corrected chi connectivity index (χ3v) is 4.69. The van der Waals surface area contributed by atoms with Gasteiger partial charge in [0.05, 0.1) is 0 Å². The number of anilines is 2. The lowest BCUT2D eigenvalue weighted by molar-refractivity contribution is 1.52. The fourth-order valence-electron chi connectivity index (χ4n) is 3.19. The molecule has 140 valence electrons. The van der Waals surface area contributed by atoms with Crippen molar-refractivity contribution in [2.75, 3.05) is 5.32 Å². The SMILES string of the molecule is C(=Cc1cccc(Nc2ccccc2)c1C=Cc1ccccc1)c1ccccc1. The van der Waals surface area contributed by atoms with E-state index in [4.69, 9.17) is 0 Å². The molecule has 1 N–H and O–H groups in total. The van der Waals surface area contributed by atoms with E-state index in [2.05, 4.69) is 108 Å². The number of hydrogen-bond acceptors (Lipinski definition) is 1. The highest BCUT2D eigenvalue weighted by molar-refractivity contribution is 5.86. The first kappa shape index (κ1) is 18.5. The van der Waals surface area contributed by atoms with Crippen LogP contribution in [0.4, 0.5) is 11.4 Å². The van der Waals surface area contributed by atoms with Crippen molar-refractivity contribution in [3.05, 3.63) is 131 Å². The zero-order valence-electron chi connectivity index (χ0n) is 16.2. The Morgan fingerprint density at radius 3 is 1.62 bits per heavy atom. The van der Waals surface area contributed by atoms with E-state index in [1.54, 1.807) is 0 Å². The van der Waals surface area contributed by atoms with Crippen LogP contribution in [-0.4, -0.2) is 0 Å². The first-order valence-electron chi connectivity index (χ1n) is 9.80. The molecule has 0 amide bonds. The molecule has 0 bridgehead atoms. The highest BCUT2D eigenvalue weighted by atomic mass is 14.9. The molecule has 0 heterocycles. The lowest BCUT2D eigenvalue weighted by Gasteiger charge is -2.12. The van der Waals surface area contributed by atoms with Crippen molar-refractivity contribution in [2.45, 2.75) is 0 Å². The molecule has 0 unspecified atom stereocenters. The molecule has 0 radical (unpaired) electrons. The average Bonchev–Trinajstić information content (AvgIpc) is 2.79. The lowest BCUT2D eigenvalue weighted by atomic mass is 10.0. The zero-order valence-corrected chi connectivity index (χ0v) is 16.2. The van der Waals surface area contributed by atoms with E-state index in [9.17, 15) is 0 Å². The number of benzene rings is 4. The Kier molecular flexibility index (Phi) is 5.99. The van der Waals surface area contributed by atoms with Gasteiger partial charge in [0.1, 0.15) is 0 Å². The van der Waals surface area contributed by atoms with Gasteiger partial charge in [-0.15, -0.1) is 0 Å². The van der Waals surface area contributed by atoms with Gasteiger partial charge in [-0.05, 0) is 34.9 Å². The Hall–Kier alpha value is -3.84. The van der Waals surface area contributed by atoms with Crippen molar-refractivity contribution in [3.8, 4) is 0 Å². The molecule has 0 spiro atoms. The van der Waals surface area contributed by atoms with E-state index < -0.39 is 0 Å². The van der Waals surface area contributed by atoms with Gasteiger partial charge in [0.2, 0.25) is 0 Å². The molecule has 0 aliphatic carbocycles. The minimum Gasteiger partial charge on any atom is -0.355 e. The standard InChI is InChI=1S/C28H23N/c1-4-11-23(12-5-1)19-21-25-15-10-18-28(29-26-16-8-3-9-17-26)27(25)22-20-24-13-6-2-7-14-24/h1-22,29H. The second kappa shape index (κ2) is 9.38. The molecule has 4 aromatic rings. The van der Waals surface area contributed by atoms with E-state index >= 15 is 0 Å². The normalized spacial score (nSPS) is 11.2. The van der Waals surface area contributed by atoms with E-state index in [-0.39, 0.29) is 0 Å². The van der Waals surface area contributed by atoms with Gasteiger partial charge in [0, 0.05) is 16.9 Å². The maximum Gasteiger partial charge on any atom is 0.0463 e. The smallest absolute Gasteiger partial charge is 0.0463 e. The highest BCUT2D eigenvalue weighted by Gasteiger charge is 2.05. The molecule has 0 saturated heterocycles. The summed E-state index contributed by atoms with van der Waals surface area (Å²) in [4.78, 5) is 0. The highest BCUT2D eigenvalue weighted by Crippen LogP contribution is 2.27. The molecule has 0 fully saturated rings. The number of nitrogens with one attached hydrogen (secondary N) is 1. The summed E-state index contributed by atoms with van der Waals surface area (Å²) in [6, 6.07) is 37.4. The van der Waals surface area contributed by atoms with Crippen molar-refractivity contribution in [1.82, 2.24) is 0 Å². The minimum atomic E-state index is 1.08. The summed E-state index contributed by atoms with van der Waals surface area (Å²) in [7, 11) is 0. The van der Waals surface area contributed by atoms with Crippen molar-refractivity contribution in [1.29, 1.82) is 0 Å². The van der Waals surface area contributed by atoms with Crippen LogP contribution < -0.4 is 5.32 Å². The number of rotatable bonds is 6. The van der Waals surface area contributed by atoms with Gasteiger partial charge in [0.25, 0.3) is 0 Å². The molecule has 0 aliphatic rings. The van der Waals surface area contributed by atoms with Crippen LogP contribution >= 0.6 is 0 Å². The Morgan fingerprint density at radius 2 is 1.00 bits per heavy atom. The summed E-state index contributed by atoms with van der Waals surface area (Å²) in [6.07, 6.45) is 8.67. The largest absolute Gasteiger partial charge is 0.355 e. The van der Waals surface area contributed by atoms with Gasteiger partial charge in [0.15, 0.2) is 0 Å². The summed E-state index contributed by atoms with van der Waals surface area (Å²) < 4.78 is 0. The van der Waals surface area contributed by atoms with E-state index in [0.29, 0.717) is 0 Å². The fourth-order valence-corrected chi connectivity index (χ4v) is 3.19. The summed E-state index contributed by atoms with van der Waals surface area (Å²) in [6.45, 7) is 0. The first-order chi connectivity index (χ1) is 14.4. The monoisotopic (exact) mass is 373 g/mol. The molecular weight excluding hydrogens is 350 g/mol. The van der Waals surface area contributed by atoms with Crippen LogP contribution in [0.1, 0.15) is 22.3 Å². The maximum absolute atomic E-state index is 3.56. The maximum atomic E-state index is 3.56. The molecule has 0 atom stereocenters. The van der Waals surface area contributed by atoms with Crippen LogP contribution in [0.2, 0.25) is 0 Å². The zero-order chi connectivity index (χ0) is 19.7. The molecular formula is C28H23N. The van der Waals surface area contributed by atoms with Gasteiger partial charge in [-0.1, -0.05) is 115 Å². The van der Waals surface area contributed by atoms with E-state index in [0.717, 1.165) is 16.9 Å². The molecule has 0 aromatic heterocycles. The van der Waals surface area contributed by atoms with Crippen LogP contribution in [0.3, 0.4) is 0 Å². The van der Waals surface area contributed by atoms with E-state index in [1.165, 1.54) is 16.7 Å². The third kappa shape index (κ3) is 5.12. The fraction of sp³-hybridized carbons (Fsp3) is 0. The summed E-state index contributed by atoms with van der Waals surface area (Å²) in [5.74, 6) is 0. The average molecular weight is 373 g/mol. The van der Waals surface area contributed by atoms with E-state index in [1.807, 2.05) is 30.3 Å². The van der Waals surface area contributed by atoms with Crippen molar-refractivity contribution < 1.29 is 0 Å². The van der Waals surface area contributed by atoms with Gasteiger partial charge in [-0.25, -0.2) is 0 Å². The topological polar surface area (TPSA) is 12.0 Å². The quantitative estimate of drug-likeness (QED) is 0.340. The van der Waals surface area contributed by atoms with Crippen molar-refractivity contribution in [3.63, 3.8) is 0 Å². The molecule has 4 rings (SSSR count). The Bertz CT molecular complexity index is 1090. The lowest BCUT2D eigenvalue weighted by Crippen LogP contribution is -1.94. The molecule has 1 nitrogen and oxygen atoms in total. The van der Waals surface area contributed by atoms with Gasteiger partial charge in [-0.3, -0.25) is 0 Å². The molecule has 0 aliphatic heterocycles. The Labute approximate surface area is 172 Å². The molecule has 4 aromatic carbocycles. The van der Waals surface area contributed by atoms with Gasteiger partial charge >= 0.3 is 0 Å². The summed E-state index contributed by atoms with van der Waals surface area (Å²) in [5, 5.41) is 3.56. The predicted octanol–water partition coefficient (Wildman–Crippen LogP) is 7.77. The second-order valence-corrected chi connectivity index (χ2v) is 6.79. The Balaban J connectivity index is 1.72. The van der Waals surface area contributed by atoms with Gasteiger partial charge < -0.3 is 5.32 Å². The molecule has 29 heavy (non-hydrogen) atoms. The first-order valence-corrected chi connectivity index (χ1v) is 9.80. The Morgan fingerprint density at radius 1 is 0.448 bits per heavy atom. The summed E-state index contributed by atoms with van der Waals surface area (Å²) in [5.41, 5.74) is 6.85. The number of hydrogen-bond donors (Lipinski definition) is 1. The third-order valence-electron chi connectivity index (χ3n) is 4.69. The van der Waals surface area contributed by atoms with Crippen molar-refractivity contribution >= 4 is 35.7 Å². The van der Waals surface area contributed by atoms with Crippen LogP contribution in [0.15, 0.2) is 109 Å². The summed E-state index contributed by atoms with van der Waals surface area (Å²) >= 11 is 0.